The van der Waals surface area contributed by atoms with E-state index >= 15 is 0 Å². The highest BCUT2D eigenvalue weighted by Crippen LogP contribution is 2.18. The molecule has 0 saturated carbocycles. The first-order valence-electron chi connectivity index (χ1n) is 5.23. The summed E-state index contributed by atoms with van der Waals surface area (Å²) in [6, 6.07) is 3.74. The maximum absolute atomic E-state index is 5.74. The second-order valence-corrected chi connectivity index (χ2v) is 3.78. The molecule has 2 rings (SSSR count). The number of rotatable bonds is 3. The summed E-state index contributed by atoms with van der Waals surface area (Å²) in [4.78, 5) is 12.6. The third-order valence-corrected chi connectivity index (χ3v) is 2.24. The first-order chi connectivity index (χ1) is 8.19. The summed E-state index contributed by atoms with van der Waals surface area (Å²) in [7, 11) is 1.60. The zero-order chi connectivity index (χ0) is 12.3. The first kappa shape index (κ1) is 11.5. The number of nitrogens with zero attached hydrogens (tertiary/aromatic N) is 3. The monoisotopic (exact) mass is 230 g/mol. The van der Waals surface area contributed by atoms with Gasteiger partial charge in [0, 0.05) is 31.1 Å². The van der Waals surface area contributed by atoms with Gasteiger partial charge in [-0.05, 0) is 18.6 Å². The van der Waals surface area contributed by atoms with Gasteiger partial charge in [-0.3, -0.25) is 4.98 Å². The van der Waals surface area contributed by atoms with E-state index in [9.17, 15) is 0 Å². The number of ether oxygens (including phenoxy) is 1. The maximum atomic E-state index is 5.74. The number of nitrogens with two attached hydrogens (primary N) is 1. The van der Waals surface area contributed by atoms with Gasteiger partial charge in [0.15, 0.2) is 5.82 Å². The van der Waals surface area contributed by atoms with Crippen LogP contribution in [0.3, 0.4) is 0 Å². The van der Waals surface area contributed by atoms with Crippen LogP contribution >= 0.6 is 0 Å². The van der Waals surface area contributed by atoms with Crippen molar-refractivity contribution >= 4 is 5.82 Å². The zero-order valence-corrected chi connectivity index (χ0v) is 9.84. The lowest BCUT2D eigenvalue weighted by molar-refractivity contribution is 0.178. The maximum Gasteiger partial charge on any atom is 0.157 e. The highest BCUT2D eigenvalue weighted by Gasteiger charge is 2.05. The predicted octanol–water partition coefficient (Wildman–Crippen LogP) is 1.58. The van der Waals surface area contributed by atoms with Crippen LogP contribution < -0.4 is 5.73 Å². The van der Waals surface area contributed by atoms with Crippen LogP contribution in [0.15, 0.2) is 24.5 Å². The van der Waals surface area contributed by atoms with E-state index in [-0.39, 0.29) is 0 Å². The second-order valence-electron chi connectivity index (χ2n) is 3.78. The number of aromatic nitrogens is 3. The predicted molar refractivity (Wildman–Crippen MR) is 65.1 cm³/mol. The van der Waals surface area contributed by atoms with Gasteiger partial charge in [0.1, 0.15) is 12.4 Å². The van der Waals surface area contributed by atoms with Gasteiger partial charge in [-0.2, -0.15) is 0 Å². The van der Waals surface area contributed by atoms with Gasteiger partial charge in [-0.1, -0.05) is 0 Å². The summed E-state index contributed by atoms with van der Waals surface area (Å²) in [6.45, 7) is 2.33. The molecule has 0 spiro atoms. The fourth-order valence-electron chi connectivity index (χ4n) is 1.55. The van der Waals surface area contributed by atoms with E-state index < -0.39 is 0 Å². The highest BCUT2D eigenvalue weighted by molar-refractivity contribution is 5.61. The molecule has 0 unspecified atom stereocenters. The van der Waals surface area contributed by atoms with E-state index in [2.05, 4.69) is 15.0 Å². The molecule has 0 radical (unpaired) electrons. The molecule has 88 valence electrons. The minimum atomic E-state index is 0.345. The Labute approximate surface area is 99.7 Å². The molecule has 2 heterocycles. The second kappa shape index (κ2) is 4.88. The van der Waals surface area contributed by atoms with E-state index in [0.29, 0.717) is 18.2 Å². The van der Waals surface area contributed by atoms with Crippen LogP contribution in [0, 0.1) is 6.92 Å². The van der Waals surface area contributed by atoms with Gasteiger partial charge < -0.3 is 10.5 Å². The van der Waals surface area contributed by atoms with Crippen LogP contribution in [-0.2, 0) is 11.3 Å². The molecule has 17 heavy (non-hydrogen) atoms. The number of pyridine rings is 1. The van der Waals surface area contributed by atoms with Crippen molar-refractivity contribution in [2.75, 3.05) is 12.8 Å². The molecule has 0 fully saturated rings. The molecule has 0 saturated heterocycles. The lowest BCUT2D eigenvalue weighted by atomic mass is 10.1. The third kappa shape index (κ3) is 2.76. The zero-order valence-electron chi connectivity index (χ0n) is 9.84. The van der Waals surface area contributed by atoms with Crippen molar-refractivity contribution in [3.63, 3.8) is 0 Å². The van der Waals surface area contributed by atoms with Crippen molar-refractivity contribution in [3.05, 3.63) is 35.9 Å². The van der Waals surface area contributed by atoms with Crippen molar-refractivity contribution in [2.24, 2.45) is 0 Å². The normalized spacial score (nSPS) is 10.5. The van der Waals surface area contributed by atoms with Crippen LogP contribution in [0.5, 0.6) is 0 Å². The SMILES string of the molecule is COCc1nc(N)cc(-c2cncc(C)c2)n1. The van der Waals surface area contributed by atoms with E-state index in [1.54, 1.807) is 25.6 Å². The molecule has 0 aliphatic heterocycles. The molecular weight excluding hydrogens is 216 g/mol. The average Bonchev–Trinajstić information content (AvgIpc) is 2.28. The average molecular weight is 230 g/mol. The summed E-state index contributed by atoms with van der Waals surface area (Å²) < 4.78 is 5.00. The Balaban J connectivity index is 2.44. The van der Waals surface area contributed by atoms with Crippen LogP contribution in [0.25, 0.3) is 11.3 Å². The van der Waals surface area contributed by atoms with Crippen molar-refractivity contribution in [2.45, 2.75) is 13.5 Å². The fourth-order valence-corrected chi connectivity index (χ4v) is 1.55. The van der Waals surface area contributed by atoms with Gasteiger partial charge in [-0.15, -0.1) is 0 Å². The summed E-state index contributed by atoms with van der Waals surface area (Å²) in [5, 5.41) is 0. The van der Waals surface area contributed by atoms with Crippen LogP contribution in [0.1, 0.15) is 11.4 Å². The Hall–Kier alpha value is -2.01. The van der Waals surface area contributed by atoms with Crippen LogP contribution in [0.2, 0.25) is 0 Å². The number of aryl methyl sites for hydroxylation is 1. The van der Waals surface area contributed by atoms with Crippen LogP contribution in [-0.4, -0.2) is 22.1 Å². The van der Waals surface area contributed by atoms with Gasteiger partial charge in [0.2, 0.25) is 0 Å². The molecule has 2 aromatic heterocycles. The van der Waals surface area contributed by atoms with Gasteiger partial charge in [0.05, 0.1) is 5.69 Å². The molecule has 0 atom stereocenters. The Bertz CT molecular complexity index is 528. The Kier molecular flexibility index (Phi) is 3.30. The van der Waals surface area contributed by atoms with Crippen LogP contribution in [0.4, 0.5) is 5.82 Å². The molecule has 0 amide bonds. The molecule has 2 aromatic rings. The Morgan fingerprint density at radius 3 is 2.76 bits per heavy atom. The quantitative estimate of drug-likeness (QED) is 0.866. The molecule has 0 aromatic carbocycles. The lowest BCUT2D eigenvalue weighted by Gasteiger charge is -2.05. The van der Waals surface area contributed by atoms with E-state index in [0.717, 1.165) is 16.8 Å². The van der Waals surface area contributed by atoms with Crippen molar-refractivity contribution in [1.82, 2.24) is 15.0 Å². The first-order valence-corrected chi connectivity index (χ1v) is 5.23. The number of hydrogen-bond acceptors (Lipinski definition) is 5. The highest BCUT2D eigenvalue weighted by atomic mass is 16.5. The smallest absolute Gasteiger partial charge is 0.157 e. The lowest BCUT2D eigenvalue weighted by Crippen LogP contribution is -2.02. The summed E-state index contributed by atoms with van der Waals surface area (Å²) in [5.41, 5.74) is 8.51. The topological polar surface area (TPSA) is 73.9 Å². The minimum absolute atomic E-state index is 0.345. The number of hydrogen-bond donors (Lipinski definition) is 1. The van der Waals surface area contributed by atoms with Crippen molar-refractivity contribution < 1.29 is 4.74 Å². The standard InChI is InChI=1S/C12H14N4O/c1-8-3-9(6-14-5-8)10-4-11(13)16-12(15-10)7-17-2/h3-6H,7H2,1-2H3,(H2,13,15,16). The van der Waals surface area contributed by atoms with E-state index in [4.69, 9.17) is 10.5 Å². The number of anilines is 1. The van der Waals surface area contributed by atoms with E-state index in [1.807, 2.05) is 13.0 Å². The van der Waals surface area contributed by atoms with Crippen molar-refractivity contribution in [1.29, 1.82) is 0 Å². The molecule has 0 aliphatic rings. The third-order valence-electron chi connectivity index (χ3n) is 2.24. The largest absolute Gasteiger partial charge is 0.384 e. The molecule has 0 aliphatic carbocycles. The summed E-state index contributed by atoms with van der Waals surface area (Å²) in [6.07, 6.45) is 3.55. The molecule has 0 bridgehead atoms. The Morgan fingerprint density at radius 2 is 2.06 bits per heavy atom. The van der Waals surface area contributed by atoms with E-state index in [1.165, 1.54) is 0 Å². The molecule has 5 heteroatoms. The van der Waals surface area contributed by atoms with Gasteiger partial charge >= 0.3 is 0 Å². The number of methoxy groups -OCH3 is 1. The Morgan fingerprint density at radius 1 is 1.24 bits per heavy atom. The minimum Gasteiger partial charge on any atom is -0.384 e. The molecule has 2 N–H and O–H groups in total. The molecular formula is C12H14N4O. The summed E-state index contributed by atoms with van der Waals surface area (Å²) in [5.74, 6) is 1.01. The summed E-state index contributed by atoms with van der Waals surface area (Å²) >= 11 is 0. The van der Waals surface area contributed by atoms with Gasteiger partial charge in [-0.25, -0.2) is 9.97 Å². The van der Waals surface area contributed by atoms with Gasteiger partial charge in [0.25, 0.3) is 0 Å². The van der Waals surface area contributed by atoms with Crippen molar-refractivity contribution in [3.8, 4) is 11.3 Å². The molecule has 5 nitrogen and oxygen atoms in total. The number of nitrogen functional groups attached to an aromatic ring is 1. The fraction of sp³-hybridized carbons (Fsp3) is 0.250.